The summed E-state index contributed by atoms with van der Waals surface area (Å²) in [5, 5.41) is 9.00. The van der Waals surface area contributed by atoms with Crippen molar-refractivity contribution in [1.29, 1.82) is 0 Å². The van der Waals surface area contributed by atoms with E-state index in [1.54, 1.807) is 37.3 Å². The molecule has 2 rings (SSSR count). The highest BCUT2D eigenvalue weighted by molar-refractivity contribution is 5.90. The van der Waals surface area contributed by atoms with Crippen LogP contribution < -0.4 is 9.47 Å². The molecule has 0 fully saturated rings. The Balaban J connectivity index is 2.17. The normalized spacial score (nSPS) is 10.2. The molecule has 0 saturated carbocycles. The summed E-state index contributed by atoms with van der Waals surface area (Å²) < 4.78 is 24.2. The molecular formula is C16H15FO4. The van der Waals surface area contributed by atoms with Crippen molar-refractivity contribution in [2.75, 3.05) is 7.11 Å². The molecule has 0 atom stereocenters. The fourth-order valence-corrected chi connectivity index (χ4v) is 1.90. The topological polar surface area (TPSA) is 55.8 Å². The number of hydrogen-bond acceptors (Lipinski definition) is 3. The Morgan fingerprint density at radius 2 is 2.00 bits per heavy atom. The van der Waals surface area contributed by atoms with Crippen LogP contribution in [0.5, 0.6) is 11.5 Å². The second-order valence-corrected chi connectivity index (χ2v) is 4.52. The molecule has 0 aromatic heterocycles. The standard InChI is InChI=1S/C16H15FO4/c1-10-4-3-5-13(15(10)17)21-9-11-6-7-12(16(18)19)14(8-11)20-2/h3-8H,9H2,1-2H3,(H,18,19). The van der Waals surface area contributed by atoms with Crippen LogP contribution in [-0.2, 0) is 6.61 Å². The lowest BCUT2D eigenvalue weighted by Gasteiger charge is -2.11. The number of benzene rings is 2. The van der Waals surface area contributed by atoms with Crippen LogP contribution in [0.1, 0.15) is 21.5 Å². The molecule has 0 spiro atoms. The fourth-order valence-electron chi connectivity index (χ4n) is 1.90. The SMILES string of the molecule is COc1cc(COc2cccc(C)c2F)ccc1C(=O)O. The first-order valence-corrected chi connectivity index (χ1v) is 6.31. The van der Waals surface area contributed by atoms with E-state index in [0.29, 0.717) is 11.1 Å². The van der Waals surface area contributed by atoms with Gasteiger partial charge in [0, 0.05) is 0 Å². The summed E-state index contributed by atoms with van der Waals surface area (Å²) in [6.07, 6.45) is 0. The quantitative estimate of drug-likeness (QED) is 0.916. The molecule has 2 aromatic carbocycles. The van der Waals surface area contributed by atoms with E-state index >= 15 is 0 Å². The molecule has 0 heterocycles. The van der Waals surface area contributed by atoms with Gasteiger partial charge in [0.25, 0.3) is 0 Å². The van der Waals surface area contributed by atoms with Crippen LogP contribution in [0.15, 0.2) is 36.4 Å². The predicted molar refractivity (Wildman–Crippen MR) is 75.4 cm³/mol. The molecule has 0 radical (unpaired) electrons. The van der Waals surface area contributed by atoms with E-state index in [1.807, 2.05) is 0 Å². The van der Waals surface area contributed by atoms with Crippen molar-refractivity contribution >= 4 is 5.97 Å². The van der Waals surface area contributed by atoms with E-state index in [9.17, 15) is 9.18 Å². The molecule has 2 aromatic rings. The van der Waals surface area contributed by atoms with E-state index in [-0.39, 0.29) is 23.7 Å². The van der Waals surface area contributed by atoms with Crippen molar-refractivity contribution in [2.45, 2.75) is 13.5 Å². The van der Waals surface area contributed by atoms with Crippen molar-refractivity contribution in [2.24, 2.45) is 0 Å². The summed E-state index contributed by atoms with van der Waals surface area (Å²) in [6, 6.07) is 9.53. The van der Waals surface area contributed by atoms with Crippen molar-refractivity contribution in [3.8, 4) is 11.5 Å². The van der Waals surface area contributed by atoms with Crippen molar-refractivity contribution in [3.63, 3.8) is 0 Å². The van der Waals surface area contributed by atoms with Crippen molar-refractivity contribution in [1.82, 2.24) is 0 Å². The average molecular weight is 290 g/mol. The van der Waals surface area contributed by atoms with Crippen molar-refractivity contribution < 1.29 is 23.8 Å². The number of carbonyl (C=O) groups is 1. The number of carboxylic acid groups (broad SMARTS) is 1. The Morgan fingerprint density at radius 1 is 1.24 bits per heavy atom. The maximum absolute atomic E-state index is 13.8. The second kappa shape index (κ2) is 6.26. The Labute approximate surface area is 121 Å². The molecule has 5 heteroatoms. The maximum atomic E-state index is 13.8. The highest BCUT2D eigenvalue weighted by Gasteiger charge is 2.12. The first-order valence-electron chi connectivity index (χ1n) is 6.31. The zero-order chi connectivity index (χ0) is 15.4. The van der Waals surface area contributed by atoms with E-state index in [4.69, 9.17) is 14.6 Å². The van der Waals surface area contributed by atoms with E-state index in [2.05, 4.69) is 0 Å². The molecule has 1 N–H and O–H groups in total. The van der Waals surface area contributed by atoms with Crippen molar-refractivity contribution in [3.05, 3.63) is 58.9 Å². The minimum absolute atomic E-state index is 0.0722. The Hall–Kier alpha value is -2.56. The first kappa shape index (κ1) is 14.8. The van der Waals surface area contributed by atoms with Crippen LogP contribution in [0.3, 0.4) is 0 Å². The van der Waals surface area contributed by atoms with Gasteiger partial charge in [-0.05, 0) is 36.2 Å². The molecule has 0 aliphatic rings. The highest BCUT2D eigenvalue weighted by Crippen LogP contribution is 2.23. The van der Waals surface area contributed by atoms with Gasteiger partial charge in [0.2, 0.25) is 0 Å². The summed E-state index contributed by atoms with van der Waals surface area (Å²) in [4.78, 5) is 11.0. The molecule has 4 nitrogen and oxygen atoms in total. The third-order valence-electron chi connectivity index (χ3n) is 3.05. The van der Waals surface area contributed by atoms with Gasteiger partial charge in [0.1, 0.15) is 17.9 Å². The van der Waals surface area contributed by atoms with Gasteiger partial charge in [-0.3, -0.25) is 0 Å². The number of hydrogen-bond donors (Lipinski definition) is 1. The van der Waals surface area contributed by atoms with Crippen LogP contribution in [-0.4, -0.2) is 18.2 Å². The lowest BCUT2D eigenvalue weighted by Crippen LogP contribution is -2.03. The highest BCUT2D eigenvalue weighted by atomic mass is 19.1. The summed E-state index contributed by atoms with van der Waals surface area (Å²) >= 11 is 0. The molecule has 0 aliphatic heterocycles. The maximum Gasteiger partial charge on any atom is 0.339 e. The predicted octanol–water partition coefficient (Wildman–Crippen LogP) is 3.42. The third-order valence-corrected chi connectivity index (χ3v) is 3.05. The summed E-state index contributed by atoms with van der Waals surface area (Å²) in [5.74, 6) is -1.06. The number of ether oxygens (including phenoxy) is 2. The number of aromatic carboxylic acids is 1. The van der Waals surface area contributed by atoms with Crippen LogP contribution in [0.25, 0.3) is 0 Å². The summed E-state index contributed by atoms with van der Waals surface area (Å²) in [6.45, 7) is 1.78. The number of methoxy groups -OCH3 is 1. The number of rotatable bonds is 5. The molecule has 0 unspecified atom stereocenters. The molecule has 0 aliphatic carbocycles. The summed E-state index contributed by atoms with van der Waals surface area (Å²) in [5.41, 5.74) is 1.27. The van der Waals surface area contributed by atoms with E-state index in [0.717, 1.165) is 0 Å². The molecule has 110 valence electrons. The lowest BCUT2D eigenvalue weighted by atomic mass is 10.1. The van der Waals surface area contributed by atoms with Gasteiger partial charge in [-0.25, -0.2) is 9.18 Å². The van der Waals surface area contributed by atoms with E-state index in [1.165, 1.54) is 13.2 Å². The molecule has 0 amide bonds. The Bertz CT molecular complexity index is 667. The minimum Gasteiger partial charge on any atom is -0.496 e. The van der Waals surface area contributed by atoms with Gasteiger partial charge >= 0.3 is 5.97 Å². The van der Waals surface area contributed by atoms with Gasteiger partial charge in [-0.1, -0.05) is 18.2 Å². The number of aryl methyl sites for hydroxylation is 1. The lowest BCUT2D eigenvalue weighted by molar-refractivity contribution is 0.0693. The molecule has 21 heavy (non-hydrogen) atoms. The van der Waals surface area contributed by atoms with Gasteiger partial charge in [0.05, 0.1) is 7.11 Å². The van der Waals surface area contributed by atoms with Crippen LogP contribution >= 0.6 is 0 Å². The third kappa shape index (κ3) is 3.31. The average Bonchev–Trinajstić information content (AvgIpc) is 2.48. The molecule has 0 bridgehead atoms. The summed E-state index contributed by atoms with van der Waals surface area (Å²) in [7, 11) is 1.40. The van der Waals surface area contributed by atoms with Gasteiger partial charge < -0.3 is 14.6 Å². The zero-order valence-electron chi connectivity index (χ0n) is 11.7. The Morgan fingerprint density at radius 3 is 2.67 bits per heavy atom. The number of carboxylic acids is 1. The smallest absolute Gasteiger partial charge is 0.339 e. The zero-order valence-corrected chi connectivity index (χ0v) is 11.7. The molecular weight excluding hydrogens is 275 g/mol. The number of halogens is 1. The van der Waals surface area contributed by atoms with Crippen LogP contribution in [0.2, 0.25) is 0 Å². The monoisotopic (exact) mass is 290 g/mol. The minimum atomic E-state index is -1.07. The van der Waals surface area contributed by atoms with E-state index < -0.39 is 11.8 Å². The van der Waals surface area contributed by atoms with Gasteiger partial charge in [0.15, 0.2) is 11.6 Å². The second-order valence-electron chi connectivity index (χ2n) is 4.52. The van der Waals surface area contributed by atoms with Crippen LogP contribution in [0, 0.1) is 12.7 Å². The molecule has 0 saturated heterocycles. The largest absolute Gasteiger partial charge is 0.496 e. The van der Waals surface area contributed by atoms with Crippen LogP contribution in [0.4, 0.5) is 4.39 Å². The van der Waals surface area contributed by atoms with Gasteiger partial charge in [-0.2, -0.15) is 0 Å². The first-order chi connectivity index (χ1) is 10.0. The Kier molecular flexibility index (Phi) is 4.42. The van der Waals surface area contributed by atoms with Gasteiger partial charge in [-0.15, -0.1) is 0 Å². The fraction of sp³-hybridized carbons (Fsp3) is 0.188.